The van der Waals surface area contributed by atoms with Crippen molar-refractivity contribution in [2.24, 2.45) is 11.7 Å². The molecule has 3 heterocycles. The summed E-state index contributed by atoms with van der Waals surface area (Å²) in [7, 11) is 2.05. The highest BCUT2D eigenvalue weighted by Crippen LogP contribution is 2.22. The first-order chi connectivity index (χ1) is 12.5. The summed E-state index contributed by atoms with van der Waals surface area (Å²) >= 11 is 0. The van der Waals surface area contributed by atoms with Crippen LogP contribution in [0.1, 0.15) is 41.9 Å². The Morgan fingerprint density at radius 1 is 1.42 bits per heavy atom. The quantitative estimate of drug-likeness (QED) is 0.786. The van der Waals surface area contributed by atoms with Gasteiger partial charge in [-0.05, 0) is 50.8 Å². The number of nitrogens with two attached hydrogens (primary N) is 1. The normalized spacial score (nSPS) is 16.5. The highest BCUT2D eigenvalue weighted by molar-refractivity contribution is 5.93. The monoisotopic (exact) mass is 356 g/mol. The molecule has 0 radical (unpaired) electrons. The number of anilines is 1. The van der Waals surface area contributed by atoms with Gasteiger partial charge in [-0.25, -0.2) is 4.98 Å². The minimum absolute atomic E-state index is 0.391. The standard InChI is InChI=1S/C19H28N6O/c1-13(2)24(3)18-5-4-15(11-22-18)10-21-9-14-6-7-25-17(8-14)16(12-23-25)19(20)26/h4-5,11-14,21H,6-10H2,1-3H3,(H2,20,26). The second kappa shape index (κ2) is 7.86. The van der Waals surface area contributed by atoms with Gasteiger partial charge in [-0.1, -0.05) is 6.07 Å². The molecule has 0 fully saturated rings. The van der Waals surface area contributed by atoms with E-state index in [-0.39, 0.29) is 0 Å². The molecule has 1 aliphatic rings. The Morgan fingerprint density at radius 3 is 2.88 bits per heavy atom. The maximum Gasteiger partial charge on any atom is 0.252 e. The summed E-state index contributed by atoms with van der Waals surface area (Å²) in [6.07, 6.45) is 5.41. The number of nitrogens with zero attached hydrogens (tertiary/aromatic N) is 4. The molecule has 7 nitrogen and oxygen atoms in total. The molecule has 0 aromatic carbocycles. The Bertz CT molecular complexity index is 752. The fourth-order valence-electron chi connectivity index (χ4n) is 3.29. The molecule has 7 heteroatoms. The van der Waals surface area contributed by atoms with Crippen molar-refractivity contribution in [3.8, 4) is 0 Å². The lowest BCUT2D eigenvalue weighted by Gasteiger charge is -2.24. The van der Waals surface area contributed by atoms with Crippen molar-refractivity contribution in [3.63, 3.8) is 0 Å². The van der Waals surface area contributed by atoms with E-state index in [1.807, 2.05) is 10.9 Å². The van der Waals surface area contributed by atoms with Gasteiger partial charge in [0.25, 0.3) is 5.91 Å². The average Bonchev–Trinajstić information content (AvgIpc) is 3.05. The highest BCUT2D eigenvalue weighted by Gasteiger charge is 2.24. The molecule has 3 N–H and O–H groups in total. The number of nitrogens with one attached hydrogen (secondary N) is 1. The third-order valence-corrected chi connectivity index (χ3v) is 5.15. The van der Waals surface area contributed by atoms with Crippen LogP contribution in [0.5, 0.6) is 0 Å². The molecular formula is C19H28N6O. The lowest BCUT2D eigenvalue weighted by atomic mass is 9.94. The lowest BCUT2D eigenvalue weighted by molar-refractivity contribution is 0.0998. The number of fused-ring (bicyclic) bond motifs is 1. The van der Waals surface area contributed by atoms with Crippen molar-refractivity contribution in [3.05, 3.63) is 41.3 Å². The molecule has 26 heavy (non-hydrogen) atoms. The van der Waals surface area contributed by atoms with Crippen molar-refractivity contribution in [2.45, 2.75) is 45.8 Å². The molecule has 1 unspecified atom stereocenters. The van der Waals surface area contributed by atoms with Crippen molar-refractivity contribution >= 4 is 11.7 Å². The molecule has 1 amide bonds. The number of amides is 1. The summed E-state index contributed by atoms with van der Waals surface area (Å²) in [6, 6.07) is 4.61. The maximum absolute atomic E-state index is 11.5. The number of carbonyl (C=O) groups is 1. The van der Waals surface area contributed by atoms with E-state index in [0.717, 1.165) is 44.0 Å². The van der Waals surface area contributed by atoms with Crippen molar-refractivity contribution in [1.82, 2.24) is 20.1 Å². The first kappa shape index (κ1) is 18.4. The number of carbonyl (C=O) groups excluding carboxylic acids is 1. The van der Waals surface area contributed by atoms with Crippen LogP contribution in [-0.4, -0.2) is 40.3 Å². The zero-order valence-corrected chi connectivity index (χ0v) is 15.8. The van der Waals surface area contributed by atoms with Crippen LogP contribution in [0.25, 0.3) is 0 Å². The van der Waals surface area contributed by atoms with Crippen LogP contribution in [0.4, 0.5) is 5.82 Å². The molecule has 0 bridgehead atoms. The number of aromatic nitrogens is 3. The maximum atomic E-state index is 11.5. The van der Waals surface area contributed by atoms with Gasteiger partial charge in [0.1, 0.15) is 5.82 Å². The smallest absolute Gasteiger partial charge is 0.252 e. The summed E-state index contributed by atoms with van der Waals surface area (Å²) in [5.41, 5.74) is 8.14. The van der Waals surface area contributed by atoms with Gasteiger partial charge in [0.05, 0.1) is 17.5 Å². The van der Waals surface area contributed by atoms with Gasteiger partial charge in [0.15, 0.2) is 0 Å². The van der Waals surface area contributed by atoms with Gasteiger partial charge in [0, 0.05) is 32.4 Å². The van der Waals surface area contributed by atoms with E-state index in [1.54, 1.807) is 6.20 Å². The minimum Gasteiger partial charge on any atom is -0.365 e. The van der Waals surface area contributed by atoms with Gasteiger partial charge in [-0.3, -0.25) is 9.48 Å². The Hall–Kier alpha value is -2.41. The molecule has 1 atom stereocenters. The number of rotatable bonds is 7. The topological polar surface area (TPSA) is 89.1 Å². The number of aryl methyl sites for hydroxylation is 1. The number of hydrogen-bond donors (Lipinski definition) is 2. The predicted molar refractivity (Wildman–Crippen MR) is 102 cm³/mol. The number of hydrogen-bond acceptors (Lipinski definition) is 5. The highest BCUT2D eigenvalue weighted by atomic mass is 16.1. The fourth-order valence-corrected chi connectivity index (χ4v) is 3.29. The zero-order chi connectivity index (χ0) is 18.7. The second-order valence-electron chi connectivity index (χ2n) is 7.31. The van der Waals surface area contributed by atoms with Crippen LogP contribution in [0.3, 0.4) is 0 Å². The van der Waals surface area contributed by atoms with Gasteiger partial charge in [-0.2, -0.15) is 5.10 Å². The second-order valence-corrected chi connectivity index (χ2v) is 7.31. The zero-order valence-electron chi connectivity index (χ0n) is 15.8. The third kappa shape index (κ3) is 4.04. The molecule has 1 aliphatic heterocycles. The lowest BCUT2D eigenvalue weighted by Crippen LogP contribution is -2.30. The van der Waals surface area contributed by atoms with Crippen LogP contribution >= 0.6 is 0 Å². The number of primary amides is 1. The average molecular weight is 356 g/mol. The SMILES string of the molecule is CC(C)N(C)c1ccc(CNCC2CCn3ncc(C(N)=O)c3C2)cn1. The molecule has 0 spiro atoms. The van der Waals surface area contributed by atoms with E-state index in [4.69, 9.17) is 5.73 Å². The Morgan fingerprint density at radius 2 is 2.23 bits per heavy atom. The Labute approximate surface area is 154 Å². The minimum atomic E-state index is -0.391. The molecule has 140 valence electrons. The first-order valence-electron chi connectivity index (χ1n) is 9.18. The van der Waals surface area contributed by atoms with E-state index in [9.17, 15) is 4.79 Å². The van der Waals surface area contributed by atoms with Gasteiger partial charge in [0.2, 0.25) is 0 Å². The van der Waals surface area contributed by atoms with Gasteiger partial charge >= 0.3 is 0 Å². The largest absolute Gasteiger partial charge is 0.365 e. The molecular weight excluding hydrogens is 328 g/mol. The summed E-state index contributed by atoms with van der Waals surface area (Å²) < 4.78 is 1.91. The van der Waals surface area contributed by atoms with Crippen LogP contribution in [0.2, 0.25) is 0 Å². The van der Waals surface area contributed by atoms with Crippen molar-refractivity contribution in [1.29, 1.82) is 0 Å². The molecule has 2 aromatic heterocycles. The van der Waals surface area contributed by atoms with E-state index >= 15 is 0 Å². The Balaban J connectivity index is 1.51. The number of pyridine rings is 1. The fraction of sp³-hybridized carbons (Fsp3) is 0.526. The molecule has 2 aromatic rings. The van der Waals surface area contributed by atoms with Crippen LogP contribution in [0.15, 0.2) is 24.5 Å². The molecule has 0 saturated heterocycles. The molecule has 0 saturated carbocycles. The van der Waals surface area contributed by atoms with Crippen molar-refractivity contribution in [2.75, 3.05) is 18.5 Å². The predicted octanol–water partition coefficient (Wildman–Crippen LogP) is 1.57. The summed E-state index contributed by atoms with van der Waals surface area (Å²) in [4.78, 5) is 18.2. The van der Waals surface area contributed by atoms with Crippen molar-refractivity contribution < 1.29 is 4.79 Å². The molecule has 3 rings (SSSR count). The van der Waals surface area contributed by atoms with E-state index in [0.29, 0.717) is 17.5 Å². The van der Waals surface area contributed by atoms with Crippen LogP contribution < -0.4 is 16.0 Å². The van der Waals surface area contributed by atoms with Crippen LogP contribution in [0, 0.1) is 5.92 Å². The van der Waals surface area contributed by atoms with E-state index < -0.39 is 5.91 Å². The third-order valence-electron chi connectivity index (χ3n) is 5.15. The Kier molecular flexibility index (Phi) is 5.56. The van der Waals surface area contributed by atoms with E-state index in [2.05, 4.69) is 53.3 Å². The summed E-state index contributed by atoms with van der Waals surface area (Å²) in [5.74, 6) is 1.08. The van der Waals surface area contributed by atoms with E-state index in [1.165, 1.54) is 5.56 Å². The van der Waals surface area contributed by atoms with Gasteiger partial charge < -0.3 is 16.0 Å². The van der Waals surface area contributed by atoms with Gasteiger partial charge in [-0.15, -0.1) is 0 Å². The summed E-state index contributed by atoms with van der Waals surface area (Å²) in [6.45, 7) is 6.83. The first-order valence-corrected chi connectivity index (χ1v) is 9.18. The van der Waals surface area contributed by atoms with Crippen LogP contribution in [-0.2, 0) is 19.5 Å². The summed E-state index contributed by atoms with van der Waals surface area (Å²) in [5, 5.41) is 7.77. The molecule has 0 aliphatic carbocycles.